The van der Waals surface area contributed by atoms with Crippen molar-refractivity contribution >= 4 is 0 Å². The molecular weight excluding hydrogens is 128 g/mol. The van der Waals surface area contributed by atoms with E-state index in [0.717, 1.165) is 12.8 Å². The lowest BCUT2D eigenvalue weighted by atomic mass is 9.94. The van der Waals surface area contributed by atoms with E-state index in [9.17, 15) is 0 Å². The average Bonchev–Trinajstić information content (AvgIpc) is 1.95. The van der Waals surface area contributed by atoms with Crippen LogP contribution in [-0.2, 0) is 0 Å². The molecule has 1 aliphatic carbocycles. The second-order valence-corrected chi connectivity index (χ2v) is 2.78. The molecule has 0 radical (unpaired) electrons. The Balaban J connectivity index is 2.56. The summed E-state index contributed by atoms with van der Waals surface area (Å²) in [5.74, 6) is 0. The van der Waals surface area contributed by atoms with Crippen molar-refractivity contribution in [3.63, 3.8) is 0 Å². The lowest BCUT2D eigenvalue weighted by molar-refractivity contribution is 0.0369. The Bertz CT molecular complexity index is 140. The first-order chi connectivity index (χ1) is 4.74. The van der Waals surface area contributed by atoms with Crippen LogP contribution in [0.4, 0.5) is 0 Å². The molecule has 2 unspecified atom stereocenters. The van der Waals surface area contributed by atoms with Gasteiger partial charge in [-0.05, 0) is 19.3 Å². The van der Waals surface area contributed by atoms with Crippen LogP contribution in [0.25, 0.3) is 0 Å². The molecule has 2 atom stereocenters. The van der Waals surface area contributed by atoms with Gasteiger partial charge in [0.15, 0.2) is 0 Å². The first-order valence-electron chi connectivity index (χ1n) is 3.79. The van der Waals surface area contributed by atoms with Gasteiger partial charge in [-0.2, -0.15) is 0 Å². The second-order valence-electron chi connectivity index (χ2n) is 2.78. The smallest absolute Gasteiger partial charge is 0.0982 e. The number of allylic oxidation sites excluding steroid dienone is 1. The minimum absolute atomic E-state index is 0.532. The molecule has 0 aromatic carbocycles. The van der Waals surface area contributed by atoms with Crippen LogP contribution in [0.15, 0.2) is 11.6 Å². The van der Waals surface area contributed by atoms with Crippen molar-refractivity contribution < 1.29 is 10.2 Å². The zero-order valence-electron chi connectivity index (χ0n) is 6.25. The largest absolute Gasteiger partial charge is 0.390 e. The summed E-state index contributed by atoms with van der Waals surface area (Å²) in [6.07, 6.45) is 3.26. The topological polar surface area (TPSA) is 40.5 Å². The van der Waals surface area contributed by atoms with Gasteiger partial charge in [0.2, 0.25) is 0 Å². The SMILES string of the molecule is CCC1=CC(O)C(O)CC1. The Morgan fingerprint density at radius 2 is 2.30 bits per heavy atom. The van der Waals surface area contributed by atoms with E-state index in [2.05, 4.69) is 6.92 Å². The van der Waals surface area contributed by atoms with Crippen LogP contribution in [0.2, 0.25) is 0 Å². The summed E-state index contributed by atoms with van der Waals surface area (Å²) < 4.78 is 0. The zero-order chi connectivity index (χ0) is 7.56. The number of hydrogen-bond donors (Lipinski definition) is 2. The average molecular weight is 142 g/mol. The van der Waals surface area contributed by atoms with Crippen molar-refractivity contribution in [1.29, 1.82) is 0 Å². The van der Waals surface area contributed by atoms with E-state index in [1.54, 1.807) is 6.08 Å². The van der Waals surface area contributed by atoms with E-state index < -0.39 is 12.2 Å². The third-order valence-corrected chi connectivity index (χ3v) is 2.02. The summed E-state index contributed by atoms with van der Waals surface area (Å²) in [7, 11) is 0. The highest BCUT2D eigenvalue weighted by atomic mass is 16.3. The van der Waals surface area contributed by atoms with Gasteiger partial charge in [0.1, 0.15) is 0 Å². The summed E-state index contributed by atoms with van der Waals surface area (Å²) in [5.41, 5.74) is 1.26. The zero-order valence-corrected chi connectivity index (χ0v) is 6.25. The molecule has 2 N–H and O–H groups in total. The molecule has 0 aliphatic heterocycles. The number of aliphatic hydroxyl groups is 2. The summed E-state index contributed by atoms with van der Waals surface area (Å²) in [6.45, 7) is 2.07. The van der Waals surface area contributed by atoms with Crippen LogP contribution >= 0.6 is 0 Å². The predicted octanol–water partition coefficient (Wildman–Crippen LogP) is 0.838. The maximum Gasteiger partial charge on any atom is 0.0982 e. The van der Waals surface area contributed by atoms with E-state index in [-0.39, 0.29) is 0 Å². The third kappa shape index (κ3) is 1.58. The summed E-state index contributed by atoms with van der Waals surface area (Å²) in [6, 6.07) is 0. The molecule has 0 fully saturated rings. The molecule has 0 aromatic rings. The van der Waals surface area contributed by atoms with Gasteiger partial charge in [0, 0.05) is 0 Å². The van der Waals surface area contributed by atoms with Crippen molar-refractivity contribution in [1.82, 2.24) is 0 Å². The minimum atomic E-state index is -0.622. The molecular formula is C8H14O2. The van der Waals surface area contributed by atoms with Crippen LogP contribution in [0, 0.1) is 0 Å². The van der Waals surface area contributed by atoms with Crippen LogP contribution in [0.1, 0.15) is 26.2 Å². The molecule has 0 heterocycles. The summed E-state index contributed by atoms with van der Waals surface area (Å²) in [4.78, 5) is 0. The molecule has 10 heavy (non-hydrogen) atoms. The maximum atomic E-state index is 9.15. The van der Waals surface area contributed by atoms with Gasteiger partial charge in [-0.25, -0.2) is 0 Å². The standard InChI is InChI=1S/C8H14O2/c1-2-6-3-4-7(9)8(10)5-6/h5,7-10H,2-4H2,1H3. The Kier molecular flexibility index (Phi) is 2.46. The predicted molar refractivity (Wildman–Crippen MR) is 39.6 cm³/mol. The maximum absolute atomic E-state index is 9.15. The van der Waals surface area contributed by atoms with Gasteiger partial charge in [-0.15, -0.1) is 0 Å². The number of rotatable bonds is 1. The van der Waals surface area contributed by atoms with Crippen LogP contribution in [0.5, 0.6) is 0 Å². The van der Waals surface area contributed by atoms with Crippen molar-refractivity contribution in [2.24, 2.45) is 0 Å². The van der Waals surface area contributed by atoms with E-state index >= 15 is 0 Å². The van der Waals surface area contributed by atoms with Gasteiger partial charge in [0.25, 0.3) is 0 Å². The van der Waals surface area contributed by atoms with E-state index in [0.29, 0.717) is 6.42 Å². The number of aliphatic hydroxyl groups excluding tert-OH is 2. The highest BCUT2D eigenvalue weighted by Crippen LogP contribution is 2.20. The lowest BCUT2D eigenvalue weighted by Gasteiger charge is -2.21. The third-order valence-electron chi connectivity index (χ3n) is 2.02. The first kappa shape index (κ1) is 7.76. The molecule has 0 amide bonds. The van der Waals surface area contributed by atoms with Gasteiger partial charge in [-0.3, -0.25) is 0 Å². The van der Waals surface area contributed by atoms with E-state index in [1.807, 2.05) is 0 Å². The molecule has 58 valence electrons. The Morgan fingerprint density at radius 3 is 2.80 bits per heavy atom. The van der Waals surface area contributed by atoms with Gasteiger partial charge in [0.05, 0.1) is 12.2 Å². The summed E-state index contributed by atoms with van der Waals surface area (Å²) in [5, 5.41) is 18.2. The van der Waals surface area contributed by atoms with Gasteiger partial charge >= 0.3 is 0 Å². The highest BCUT2D eigenvalue weighted by molar-refractivity contribution is 5.10. The minimum Gasteiger partial charge on any atom is -0.390 e. The first-order valence-corrected chi connectivity index (χ1v) is 3.79. The molecule has 0 aromatic heterocycles. The molecule has 2 nitrogen and oxygen atoms in total. The Labute approximate surface area is 61.2 Å². The molecule has 0 saturated heterocycles. The van der Waals surface area contributed by atoms with Crippen molar-refractivity contribution in [2.75, 3.05) is 0 Å². The number of hydrogen-bond acceptors (Lipinski definition) is 2. The quantitative estimate of drug-likeness (QED) is 0.532. The Morgan fingerprint density at radius 1 is 1.60 bits per heavy atom. The van der Waals surface area contributed by atoms with Crippen LogP contribution in [0.3, 0.4) is 0 Å². The van der Waals surface area contributed by atoms with Crippen LogP contribution in [-0.4, -0.2) is 22.4 Å². The normalized spacial score (nSPS) is 33.7. The van der Waals surface area contributed by atoms with Crippen molar-refractivity contribution in [3.8, 4) is 0 Å². The summed E-state index contributed by atoms with van der Waals surface area (Å²) >= 11 is 0. The Hall–Kier alpha value is -0.340. The fraction of sp³-hybridized carbons (Fsp3) is 0.750. The molecule has 0 bridgehead atoms. The van der Waals surface area contributed by atoms with Crippen molar-refractivity contribution in [2.45, 2.75) is 38.4 Å². The molecule has 2 heteroatoms. The second kappa shape index (κ2) is 3.17. The molecule has 1 aliphatic rings. The highest BCUT2D eigenvalue weighted by Gasteiger charge is 2.18. The van der Waals surface area contributed by atoms with Crippen molar-refractivity contribution in [3.05, 3.63) is 11.6 Å². The fourth-order valence-electron chi connectivity index (χ4n) is 1.23. The monoisotopic (exact) mass is 142 g/mol. The lowest BCUT2D eigenvalue weighted by Crippen LogP contribution is -2.27. The molecule has 0 spiro atoms. The fourth-order valence-corrected chi connectivity index (χ4v) is 1.23. The van der Waals surface area contributed by atoms with E-state index in [4.69, 9.17) is 10.2 Å². The van der Waals surface area contributed by atoms with E-state index in [1.165, 1.54) is 5.57 Å². The van der Waals surface area contributed by atoms with Crippen LogP contribution < -0.4 is 0 Å². The van der Waals surface area contributed by atoms with Gasteiger partial charge < -0.3 is 10.2 Å². The molecule has 1 rings (SSSR count). The van der Waals surface area contributed by atoms with Gasteiger partial charge in [-0.1, -0.05) is 18.6 Å². The molecule has 0 saturated carbocycles.